The lowest BCUT2D eigenvalue weighted by molar-refractivity contribution is -0.124. The topological polar surface area (TPSA) is 73.5 Å². The molecule has 1 saturated heterocycles. The lowest BCUT2D eigenvalue weighted by Crippen LogP contribution is -2.56. The SMILES string of the molecule is CN(C)c1ccc(NC(=O)C2CNC(=O)CN2)cc1Cl. The van der Waals surface area contributed by atoms with Gasteiger partial charge in [-0.1, -0.05) is 11.6 Å². The molecule has 0 spiro atoms. The minimum Gasteiger partial charge on any atom is -0.376 e. The minimum atomic E-state index is -0.431. The Bertz CT molecular complexity index is 523. The van der Waals surface area contributed by atoms with E-state index in [4.69, 9.17) is 11.6 Å². The summed E-state index contributed by atoms with van der Waals surface area (Å²) in [4.78, 5) is 24.9. The quantitative estimate of drug-likeness (QED) is 0.756. The van der Waals surface area contributed by atoms with E-state index in [9.17, 15) is 9.59 Å². The molecule has 1 aromatic rings. The Morgan fingerprint density at radius 2 is 2.20 bits per heavy atom. The molecule has 1 atom stereocenters. The van der Waals surface area contributed by atoms with E-state index in [2.05, 4.69) is 16.0 Å². The van der Waals surface area contributed by atoms with Crippen molar-refractivity contribution < 1.29 is 9.59 Å². The van der Waals surface area contributed by atoms with E-state index in [1.807, 2.05) is 25.1 Å². The van der Waals surface area contributed by atoms with Crippen LogP contribution in [0.25, 0.3) is 0 Å². The molecule has 1 fully saturated rings. The Morgan fingerprint density at radius 1 is 1.45 bits per heavy atom. The summed E-state index contributed by atoms with van der Waals surface area (Å²) < 4.78 is 0. The molecule has 7 heteroatoms. The molecule has 1 heterocycles. The predicted octanol–water partition coefficient (Wildman–Crippen LogP) is 0.432. The first-order valence-corrected chi connectivity index (χ1v) is 6.63. The van der Waals surface area contributed by atoms with E-state index in [1.54, 1.807) is 12.1 Å². The van der Waals surface area contributed by atoms with Gasteiger partial charge < -0.3 is 15.5 Å². The van der Waals surface area contributed by atoms with E-state index in [-0.39, 0.29) is 24.9 Å². The number of rotatable bonds is 3. The first-order valence-electron chi connectivity index (χ1n) is 6.25. The molecule has 1 unspecified atom stereocenters. The van der Waals surface area contributed by atoms with Crippen LogP contribution in [-0.4, -0.2) is 45.0 Å². The van der Waals surface area contributed by atoms with Crippen molar-refractivity contribution in [1.29, 1.82) is 0 Å². The average molecular weight is 297 g/mol. The molecular formula is C13H17ClN4O2. The van der Waals surface area contributed by atoms with Gasteiger partial charge in [-0.3, -0.25) is 14.9 Å². The smallest absolute Gasteiger partial charge is 0.243 e. The highest BCUT2D eigenvalue weighted by molar-refractivity contribution is 6.33. The summed E-state index contributed by atoms with van der Waals surface area (Å²) in [7, 11) is 3.79. The van der Waals surface area contributed by atoms with Crippen LogP contribution in [0.4, 0.5) is 11.4 Å². The van der Waals surface area contributed by atoms with Gasteiger partial charge in [0.2, 0.25) is 11.8 Å². The summed E-state index contributed by atoms with van der Waals surface area (Å²) in [5.41, 5.74) is 1.51. The van der Waals surface area contributed by atoms with Crippen LogP contribution in [0.5, 0.6) is 0 Å². The standard InChI is InChI=1S/C13H17ClN4O2/c1-18(2)11-4-3-8(5-9(11)14)17-13(20)10-6-16-12(19)7-15-10/h3-5,10,15H,6-7H2,1-2H3,(H,16,19)(H,17,20). The van der Waals surface area contributed by atoms with Gasteiger partial charge in [-0.2, -0.15) is 0 Å². The molecule has 2 rings (SSSR count). The number of carbonyl (C=O) groups excluding carboxylic acids is 2. The van der Waals surface area contributed by atoms with Gasteiger partial charge in [0.15, 0.2) is 0 Å². The van der Waals surface area contributed by atoms with Crippen LogP contribution in [0, 0.1) is 0 Å². The Kier molecular flexibility index (Phi) is 4.46. The van der Waals surface area contributed by atoms with Gasteiger partial charge in [0.05, 0.1) is 17.3 Å². The number of hydrogen-bond donors (Lipinski definition) is 3. The highest BCUT2D eigenvalue weighted by atomic mass is 35.5. The van der Waals surface area contributed by atoms with Gasteiger partial charge in [-0.25, -0.2) is 0 Å². The van der Waals surface area contributed by atoms with Crippen molar-refractivity contribution in [2.45, 2.75) is 6.04 Å². The molecule has 1 aliphatic rings. The van der Waals surface area contributed by atoms with Crippen molar-refractivity contribution in [2.24, 2.45) is 0 Å². The summed E-state index contributed by atoms with van der Waals surface area (Å²) in [6, 6.07) is 4.91. The fourth-order valence-corrected chi connectivity index (χ4v) is 2.28. The Balaban J connectivity index is 2.01. The molecule has 2 amide bonds. The van der Waals surface area contributed by atoms with E-state index < -0.39 is 6.04 Å². The van der Waals surface area contributed by atoms with Gasteiger partial charge in [-0.05, 0) is 18.2 Å². The van der Waals surface area contributed by atoms with Crippen molar-refractivity contribution >= 4 is 34.8 Å². The highest BCUT2D eigenvalue weighted by Gasteiger charge is 2.23. The summed E-state index contributed by atoms with van der Waals surface area (Å²) in [6.07, 6.45) is 0. The van der Waals surface area contributed by atoms with Crippen LogP contribution in [0.2, 0.25) is 5.02 Å². The van der Waals surface area contributed by atoms with Crippen LogP contribution < -0.4 is 20.9 Å². The summed E-state index contributed by atoms with van der Waals surface area (Å²) >= 11 is 6.15. The zero-order valence-corrected chi connectivity index (χ0v) is 12.1. The number of anilines is 2. The number of halogens is 1. The number of amides is 2. The van der Waals surface area contributed by atoms with E-state index >= 15 is 0 Å². The maximum atomic E-state index is 12.0. The Morgan fingerprint density at radius 3 is 2.75 bits per heavy atom. The van der Waals surface area contributed by atoms with Crippen molar-refractivity contribution in [3.63, 3.8) is 0 Å². The monoisotopic (exact) mass is 296 g/mol. The van der Waals surface area contributed by atoms with Gasteiger partial charge in [0.25, 0.3) is 0 Å². The summed E-state index contributed by atoms with van der Waals surface area (Å²) in [5, 5.41) is 8.85. The van der Waals surface area contributed by atoms with Crippen molar-refractivity contribution in [3.05, 3.63) is 23.2 Å². The van der Waals surface area contributed by atoms with Crippen LogP contribution in [-0.2, 0) is 9.59 Å². The van der Waals surface area contributed by atoms with Gasteiger partial charge in [0, 0.05) is 26.3 Å². The van der Waals surface area contributed by atoms with Gasteiger partial charge in [-0.15, -0.1) is 0 Å². The fourth-order valence-electron chi connectivity index (χ4n) is 1.93. The van der Waals surface area contributed by atoms with Crippen molar-refractivity contribution in [2.75, 3.05) is 37.4 Å². The third-order valence-electron chi connectivity index (χ3n) is 3.03. The first-order chi connectivity index (χ1) is 9.47. The second-order valence-electron chi connectivity index (χ2n) is 4.79. The number of carbonyl (C=O) groups is 2. The zero-order chi connectivity index (χ0) is 14.7. The van der Waals surface area contributed by atoms with Crippen molar-refractivity contribution in [1.82, 2.24) is 10.6 Å². The number of nitrogens with one attached hydrogen (secondary N) is 3. The van der Waals surface area contributed by atoms with Gasteiger partial charge in [0.1, 0.15) is 6.04 Å². The minimum absolute atomic E-state index is 0.104. The largest absolute Gasteiger partial charge is 0.376 e. The predicted molar refractivity (Wildman–Crippen MR) is 79.2 cm³/mol. The molecule has 0 saturated carbocycles. The third-order valence-corrected chi connectivity index (χ3v) is 3.33. The van der Waals surface area contributed by atoms with E-state index in [0.29, 0.717) is 10.7 Å². The van der Waals surface area contributed by atoms with Crippen LogP contribution in [0.15, 0.2) is 18.2 Å². The number of piperazine rings is 1. The average Bonchev–Trinajstić information content (AvgIpc) is 2.39. The molecule has 1 aromatic carbocycles. The van der Waals surface area contributed by atoms with Gasteiger partial charge >= 0.3 is 0 Å². The summed E-state index contributed by atoms with van der Waals surface area (Å²) in [5.74, 6) is -0.300. The molecule has 0 aliphatic carbocycles. The van der Waals surface area contributed by atoms with Crippen LogP contribution >= 0.6 is 11.6 Å². The molecule has 20 heavy (non-hydrogen) atoms. The Hall–Kier alpha value is -1.79. The van der Waals surface area contributed by atoms with Crippen LogP contribution in [0.3, 0.4) is 0 Å². The number of hydrogen-bond acceptors (Lipinski definition) is 4. The van der Waals surface area contributed by atoms with E-state index in [0.717, 1.165) is 5.69 Å². The molecule has 6 nitrogen and oxygen atoms in total. The second-order valence-corrected chi connectivity index (χ2v) is 5.19. The normalized spacial score (nSPS) is 18.4. The fraction of sp³-hybridized carbons (Fsp3) is 0.385. The van der Waals surface area contributed by atoms with E-state index in [1.165, 1.54) is 0 Å². The number of benzene rings is 1. The molecule has 0 radical (unpaired) electrons. The molecular weight excluding hydrogens is 280 g/mol. The first kappa shape index (κ1) is 14.6. The lowest BCUT2D eigenvalue weighted by Gasteiger charge is -2.23. The maximum absolute atomic E-state index is 12.0. The molecule has 0 bridgehead atoms. The Labute approximate surface area is 122 Å². The molecule has 3 N–H and O–H groups in total. The van der Waals surface area contributed by atoms with Crippen molar-refractivity contribution in [3.8, 4) is 0 Å². The molecule has 108 valence electrons. The number of nitrogens with zero attached hydrogens (tertiary/aromatic N) is 1. The summed E-state index contributed by atoms with van der Waals surface area (Å²) in [6.45, 7) is 0.437. The highest BCUT2D eigenvalue weighted by Crippen LogP contribution is 2.27. The molecule has 0 aromatic heterocycles. The molecule has 1 aliphatic heterocycles. The van der Waals surface area contributed by atoms with Crippen LogP contribution in [0.1, 0.15) is 0 Å². The third kappa shape index (κ3) is 3.40. The zero-order valence-electron chi connectivity index (χ0n) is 11.4. The lowest BCUT2D eigenvalue weighted by atomic mass is 10.2. The maximum Gasteiger partial charge on any atom is 0.243 e. The second kappa shape index (κ2) is 6.11.